The van der Waals surface area contributed by atoms with Crippen molar-refractivity contribution in [2.24, 2.45) is 0 Å². The molecular weight excluding hydrogens is 246 g/mol. The van der Waals surface area contributed by atoms with Crippen molar-refractivity contribution >= 4 is 21.9 Å². The monoisotopic (exact) mass is 259 g/mol. The minimum absolute atomic E-state index is 0.0347. The van der Waals surface area contributed by atoms with Crippen molar-refractivity contribution in [2.75, 3.05) is 5.33 Å². The first-order valence-electron chi connectivity index (χ1n) is 4.15. The van der Waals surface area contributed by atoms with Gasteiger partial charge in [-0.2, -0.15) is 0 Å². The fourth-order valence-corrected chi connectivity index (χ4v) is 1.04. The van der Waals surface area contributed by atoms with E-state index in [0.29, 0.717) is 0 Å². The quantitative estimate of drug-likeness (QED) is 0.789. The van der Waals surface area contributed by atoms with E-state index in [2.05, 4.69) is 40.0 Å². The van der Waals surface area contributed by atoms with Crippen LogP contribution in [0.15, 0.2) is 12.1 Å². The number of nitrogens with zero attached hydrogens (tertiary/aromatic N) is 1. The number of alkyl halides is 1. The van der Waals surface area contributed by atoms with Crippen molar-refractivity contribution in [3.05, 3.63) is 29.1 Å². The van der Waals surface area contributed by atoms with E-state index >= 15 is 0 Å². The molecule has 0 amide bonds. The molecule has 0 bridgehead atoms. The van der Waals surface area contributed by atoms with Gasteiger partial charge in [-0.3, -0.25) is 9.78 Å². The van der Waals surface area contributed by atoms with Gasteiger partial charge in [0.05, 0.1) is 0 Å². The van der Waals surface area contributed by atoms with Crippen LogP contribution in [0.5, 0.6) is 0 Å². The Morgan fingerprint density at radius 3 is 1.93 bits per heavy atom. The van der Waals surface area contributed by atoms with Crippen LogP contribution in [-0.2, 0) is 4.79 Å². The summed E-state index contributed by atoms with van der Waals surface area (Å²) in [6, 6.07) is 4.15. The summed E-state index contributed by atoms with van der Waals surface area (Å²) in [5.74, 6) is -0.829. The zero-order valence-electron chi connectivity index (χ0n) is 8.54. The summed E-state index contributed by atoms with van der Waals surface area (Å²) < 4.78 is 0. The first kappa shape index (κ1) is 13.1. The minimum Gasteiger partial charge on any atom is -0.481 e. The largest absolute Gasteiger partial charge is 0.481 e. The maximum Gasteiger partial charge on any atom is 0.314 e. The average molecular weight is 260 g/mol. The van der Waals surface area contributed by atoms with E-state index in [-0.39, 0.29) is 5.33 Å². The van der Waals surface area contributed by atoms with Crippen molar-refractivity contribution in [1.82, 2.24) is 4.98 Å². The molecule has 14 heavy (non-hydrogen) atoms. The van der Waals surface area contributed by atoms with Crippen LogP contribution in [0.1, 0.15) is 17.0 Å². The highest BCUT2D eigenvalue weighted by Crippen LogP contribution is 2.01. The number of pyridine rings is 1. The molecule has 0 saturated heterocycles. The second-order valence-corrected chi connectivity index (χ2v) is 3.52. The summed E-state index contributed by atoms with van der Waals surface area (Å²) >= 11 is 2.71. The second kappa shape index (κ2) is 6.54. The van der Waals surface area contributed by atoms with E-state index in [0.717, 1.165) is 11.4 Å². The van der Waals surface area contributed by atoms with Crippen molar-refractivity contribution in [1.29, 1.82) is 0 Å². The predicted octanol–water partition coefficient (Wildman–Crippen LogP) is 2.47. The second-order valence-electron chi connectivity index (χ2n) is 2.95. The first-order chi connectivity index (χ1) is 6.45. The van der Waals surface area contributed by atoms with Gasteiger partial charge in [-0.1, -0.05) is 15.9 Å². The lowest BCUT2D eigenvalue weighted by molar-refractivity contribution is -0.133. The van der Waals surface area contributed by atoms with Crippen LogP contribution in [0, 0.1) is 20.8 Å². The molecule has 0 aromatic carbocycles. The zero-order chi connectivity index (χ0) is 11.1. The molecule has 1 aromatic heterocycles. The van der Waals surface area contributed by atoms with Gasteiger partial charge in [0.1, 0.15) is 5.33 Å². The summed E-state index contributed by atoms with van der Waals surface area (Å²) in [4.78, 5) is 13.6. The van der Waals surface area contributed by atoms with E-state index < -0.39 is 5.97 Å². The molecule has 0 aliphatic heterocycles. The van der Waals surface area contributed by atoms with Gasteiger partial charge in [0.25, 0.3) is 0 Å². The molecule has 1 aromatic rings. The Kier molecular flexibility index (Phi) is 6.12. The lowest BCUT2D eigenvalue weighted by Crippen LogP contribution is -1.92. The zero-order valence-corrected chi connectivity index (χ0v) is 10.1. The number of carbonyl (C=O) groups is 1. The molecule has 0 aliphatic carbocycles. The topological polar surface area (TPSA) is 50.2 Å². The molecule has 0 aliphatic rings. The van der Waals surface area contributed by atoms with Crippen molar-refractivity contribution in [2.45, 2.75) is 20.8 Å². The Bertz CT molecular complexity index is 263. The number of aryl methyl sites for hydroxylation is 3. The van der Waals surface area contributed by atoms with Gasteiger partial charge < -0.3 is 5.11 Å². The van der Waals surface area contributed by atoms with Gasteiger partial charge in [0.15, 0.2) is 0 Å². The number of rotatable bonds is 1. The van der Waals surface area contributed by atoms with Gasteiger partial charge in [0.2, 0.25) is 0 Å². The standard InChI is InChI=1S/C8H11N.C2H3BrO2/c1-6-4-7(2)9-8(3)5-6;3-1-2(4)5/h4-5H,1-3H3;1H2,(H,4,5). The molecule has 78 valence electrons. The van der Waals surface area contributed by atoms with Gasteiger partial charge in [-0.05, 0) is 38.5 Å². The number of aliphatic carboxylic acids is 1. The van der Waals surface area contributed by atoms with Crippen LogP contribution in [0.4, 0.5) is 0 Å². The summed E-state index contributed by atoms with van der Waals surface area (Å²) in [5, 5.41) is 7.71. The molecule has 1 rings (SSSR count). The van der Waals surface area contributed by atoms with Crippen LogP contribution in [0.25, 0.3) is 0 Å². The molecule has 3 nitrogen and oxygen atoms in total. The Balaban J connectivity index is 0.000000292. The normalized spacial score (nSPS) is 8.86. The molecule has 4 heteroatoms. The van der Waals surface area contributed by atoms with Crippen molar-refractivity contribution in [3.8, 4) is 0 Å². The fraction of sp³-hybridized carbons (Fsp3) is 0.400. The highest BCUT2D eigenvalue weighted by atomic mass is 79.9. The number of halogens is 1. The van der Waals surface area contributed by atoms with E-state index in [1.165, 1.54) is 5.56 Å². The Morgan fingerprint density at radius 2 is 1.71 bits per heavy atom. The first-order valence-corrected chi connectivity index (χ1v) is 5.27. The number of aromatic nitrogens is 1. The Labute approximate surface area is 92.3 Å². The predicted molar refractivity (Wildman–Crippen MR) is 59.9 cm³/mol. The summed E-state index contributed by atoms with van der Waals surface area (Å²) in [6.07, 6.45) is 0. The van der Waals surface area contributed by atoms with Crippen molar-refractivity contribution < 1.29 is 9.90 Å². The highest BCUT2D eigenvalue weighted by Gasteiger charge is 1.88. The van der Waals surface area contributed by atoms with Crippen molar-refractivity contribution in [3.63, 3.8) is 0 Å². The number of hydrogen-bond acceptors (Lipinski definition) is 2. The Morgan fingerprint density at radius 1 is 1.36 bits per heavy atom. The van der Waals surface area contributed by atoms with E-state index in [1.807, 2.05) is 13.8 Å². The van der Waals surface area contributed by atoms with Crippen LogP contribution < -0.4 is 0 Å². The smallest absolute Gasteiger partial charge is 0.314 e. The maximum absolute atomic E-state index is 9.32. The Hall–Kier alpha value is -0.900. The molecule has 0 fully saturated rings. The SMILES string of the molecule is Cc1cc(C)nc(C)c1.O=C(O)CBr. The highest BCUT2D eigenvalue weighted by molar-refractivity contribution is 9.09. The number of hydrogen-bond donors (Lipinski definition) is 1. The van der Waals surface area contributed by atoms with E-state index in [9.17, 15) is 4.79 Å². The third-order valence-electron chi connectivity index (χ3n) is 1.34. The lowest BCUT2D eigenvalue weighted by Gasteiger charge is -1.96. The maximum atomic E-state index is 9.32. The minimum atomic E-state index is -0.829. The molecule has 1 heterocycles. The molecule has 0 atom stereocenters. The molecule has 0 radical (unpaired) electrons. The summed E-state index contributed by atoms with van der Waals surface area (Å²) in [7, 11) is 0. The third kappa shape index (κ3) is 6.60. The van der Waals surface area contributed by atoms with Gasteiger partial charge >= 0.3 is 5.97 Å². The molecule has 0 spiro atoms. The fourth-order valence-electron chi connectivity index (χ4n) is 1.04. The van der Waals surface area contributed by atoms with Crippen LogP contribution >= 0.6 is 15.9 Å². The van der Waals surface area contributed by atoms with Gasteiger partial charge in [-0.25, -0.2) is 0 Å². The van der Waals surface area contributed by atoms with E-state index in [1.54, 1.807) is 0 Å². The number of carboxylic acids is 1. The summed E-state index contributed by atoms with van der Waals surface area (Å²) in [6.45, 7) is 6.11. The molecule has 0 saturated carbocycles. The molecule has 1 N–H and O–H groups in total. The molecular formula is C10H14BrNO2. The van der Waals surface area contributed by atoms with Crippen LogP contribution in [-0.4, -0.2) is 21.4 Å². The average Bonchev–Trinajstić information content (AvgIpc) is 2.02. The van der Waals surface area contributed by atoms with E-state index in [4.69, 9.17) is 5.11 Å². The summed E-state index contributed by atoms with van der Waals surface area (Å²) in [5.41, 5.74) is 3.50. The molecule has 0 unspecified atom stereocenters. The third-order valence-corrected chi connectivity index (χ3v) is 1.82. The van der Waals surface area contributed by atoms with Gasteiger partial charge in [-0.15, -0.1) is 0 Å². The van der Waals surface area contributed by atoms with Crippen LogP contribution in [0.3, 0.4) is 0 Å². The van der Waals surface area contributed by atoms with Crippen LogP contribution in [0.2, 0.25) is 0 Å². The number of carboxylic acid groups (broad SMARTS) is 1. The van der Waals surface area contributed by atoms with Gasteiger partial charge in [0, 0.05) is 11.4 Å². The lowest BCUT2D eigenvalue weighted by atomic mass is 10.2.